The Morgan fingerprint density at radius 3 is 2.17 bits per heavy atom. The van der Waals surface area contributed by atoms with Crippen molar-refractivity contribution >= 4 is 0 Å². The zero-order valence-electron chi connectivity index (χ0n) is 10.8. The SMILES string of the molecule is C[N+]1([C@@H]2O[C@H](CO)[C@@H](O)[C@H](O)[C@H]2O)CCCCC1. The van der Waals surface area contributed by atoms with Crippen LogP contribution in [0, 0.1) is 0 Å². The lowest BCUT2D eigenvalue weighted by molar-refractivity contribution is -0.965. The van der Waals surface area contributed by atoms with Crippen molar-refractivity contribution in [1.82, 2.24) is 0 Å². The highest BCUT2D eigenvalue weighted by atomic mass is 16.6. The van der Waals surface area contributed by atoms with Gasteiger partial charge in [0.2, 0.25) is 6.23 Å². The molecule has 2 saturated heterocycles. The highest BCUT2D eigenvalue weighted by Crippen LogP contribution is 2.30. The van der Waals surface area contributed by atoms with E-state index in [-0.39, 0.29) is 6.61 Å². The molecule has 2 aliphatic heterocycles. The molecule has 0 aromatic heterocycles. The average Bonchev–Trinajstić information content (AvgIpc) is 2.37. The molecule has 0 aliphatic carbocycles. The van der Waals surface area contributed by atoms with E-state index < -0.39 is 30.6 Å². The second kappa shape index (κ2) is 5.40. The van der Waals surface area contributed by atoms with Gasteiger partial charge in [-0.3, -0.25) is 4.48 Å². The van der Waals surface area contributed by atoms with Gasteiger partial charge in [0.05, 0.1) is 26.7 Å². The number of quaternary nitrogens is 1. The summed E-state index contributed by atoms with van der Waals surface area (Å²) in [6, 6.07) is 0. The van der Waals surface area contributed by atoms with Crippen LogP contribution in [0.25, 0.3) is 0 Å². The number of nitrogens with zero attached hydrogens (tertiary/aromatic N) is 1. The van der Waals surface area contributed by atoms with Crippen molar-refractivity contribution in [1.29, 1.82) is 0 Å². The maximum absolute atomic E-state index is 10.1. The fraction of sp³-hybridized carbons (Fsp3) is 1.00. The third-order valence-corrected chi connectivity index (χ3v) is 4.32. The van der Waals surface area contributed by atoms with E-state index in [1.54, 1.807) is 0 Å². The maximum Gasteiger partial charge on any atom is 0.222 e. The third kappa shape index (κ3) is 2.41. The molecule has 0 saturated carbocycles. The second-order valence-electron chi connectivity index (χ2n) is 5.71. The molecular formula is C12H24NO5+. The summed E-state index contributed by atoms with van der Waals surface area (Å²) in [5.41, 5.74) is 0. The minimum atomic E-state index is -1.27. The van der Waals surface area contributed by atoms with Crippen LogP contribution < -0.4 is 0 Å². The summed E-state index contributed by atoms with van der Waals surface area (Å²) in [5, 5.41) is 38.9. The second-order valence-corrected chi connectivity index (χ2v) is 5.71. The molecule has 0 aromatic carbocycles. The van der Waals surface area contributed by atoms with E-state index in [4.69, 9.17) is 4.74 Å². The van der Waals surface area contributed by atoms with Gasteiger partial charge in [0.15, 0.2) is 6.10 Å². The number of hydrogen-bond donors (Lipinski definition) is 4. The van der Waals surface area contributed by atoms with Crippen LogP contribution >= 0.6 is 0 Å². The van der Waals surface area contributed by atoms with E-state index in [1.807, 2.05) is 7.05 Å². The summed E-state index contributed by atoms with van der Waals surface area (Å²) < 4.78 is 6.16. The van der Waals surface area contributed by atoms with Crippen molar-refractivity contribution in [3.05, 3.63) is 0 Å². The van der Waals surface area contributed by atoms with E-state index in [2.05, 4.69) is 0 Å². The molecule has 106 valence electrons. The molecule has 0 unspecified atom stereocenters. The van der Waals surface area contributed by atoms with Gasteiger partial charge in [-0.05, 0) is 19.3 Å². The standard InChI is InChI=1S/C12H24NO5/c1-13(5-3-2-4-6-13)12-11(17)10(16)9(15)8(7-14)18-12/h8-12,14-17H,2-7H2,1H3/q+1/t8-,9-,10+,11-,12-/m1/s1. The van der Waals surface area contributed by atoms with Gasteiger partial charge in [-0.2, -0.15) is 0 Å². The minimum Gasteiger partial charge on any atom is -0.394 e. The monoisotopic (exact) mass is 262 g/mol. The first-order valence-electron chi connectivity index (χ1n) is 6.64. The predicted octanol–water partition coefficient (Wildman–Crippen LogP) is -1.58. The average molecular weight is 262 g/mol. The molecule has 2 aliphatic rings. The molecule has 5 atom stereocenters. The minimum absolute atomic E-state index is 0.360. The van der Waals surface area contributed by atoms with E-state index in [0.29, 0.717) is 4.48 Å². The lowest BCUT2D eigenvalue weighted by Crippen LogP contribution is -2.69. The molecule has 0 radical (unpaired) electrons. The van der Waals surface area contributed by atoms with Crippen LogP contribution in [0.5, 0.6) is 0 Å². The van der Waals surface area contributed by atoms with Gasteiger partial charge < -0.3 is 25.2 Å². The fourth-order valence-electron chi connectivity index (χ4n) is 3.09. The number of aliphatic hydroxyl groups is 4. The number of ether oxygens (including phenoxy) is 1. The molecule has 0 aromatic rings. The van der Waals surface area contributed by atoms with E-state index >= 15 is 0 Å². The van der Waals surface area contributed by atoms with Gasteiger partial charge in [-0.15, -0.1) is 0 Å². The van der Waals surface area contributed by atoms with Crippen molar-refractivity contribution in [2.24, 2.45) is 0 Å². The summed E-state index contributed by atoms with van der Waals surface area (Å²) in [4.78, 5) is 0. The molecule has 6 nitrogen and oxygen atoms in total. The smallest absolute Gasteiger partial charge is 0.222 e. The first kappa shape index (κ1) is 14.2. The van der Waals surface area contributed by atoms with Gasteiger partial charge in [0.25, 0.3) is 0 Å². The Hall–Kier alpha value is -0.240. The zero-order chi connectivity index (χ0) is 13.3. The topological polar surface area (TPSA) is 90.2 Å². The maximum atomic E-state index is 10.1. The largest absolute Gasteiger partial charge is 0.394 e. The summed E-state index contributed by atoms with van der Waals surface area (Å²) in [5.74, 6) is 0. The molecule has 2 heterocycles. The van der Waals surface area contributed by atoms with Crippen molar-refractivity contribution in [2.75, 3.05) is 26.7 Å². The van der Waals surface area contributed by atoms with Crippen LogP contribution in [0.15, 0.2) is 0 Å². The summed E-state index contributed by atoms with van der Waals surface area (Å²) in [6.45, 7) is 1.40. The number of rotatable bonds is 2. The van der Waals surface area contributed by atoms with Crippen molar-refractivity contribution in [2.45, 2.75) is 49.9 Å². The third-order valence-electron chi connectivity index (χ3n) is 4.32. The van der Waals surface area contributed by atoms with Gasteiger partial charge in [0, 0.05) is 0 Å². The Morgan fingerprint density at radius 1 is 1.00 bits per heavy atom. The molecule has 6 heteroatoms. The van der Waals surface area contributed by atoms with Gasteiger partial charge in [0.1, 0.15) is 18.3 Å². The first-order valence-corrected chi connectivity index (χ1v) is 6.64. The quantitative estimate of drug-likeness (QED) is 0.451. The van der Waals surface area contributed by atoms with Crippen LogP contribution in [-0.2, 0) is 4.74 Å². The Morgan fingerprint density at radius 2 is 1.61 bits per heavy atom. The van der Waals surface area contributed by atoms with Gasteiger partial charge in [-0.1, -0.05) is 0 Å². The van der Waals surface area contributed by atoms with Crippen molar-refractivity contribution < 1.29 is 29.6 Å². The van der Waals surface area contributed by atoms with Crippen LogP contribution in [-0.4, -0.2) is 82.3 Å². The Balaban J connectivity index is 2.15. The summed E-state index contributed by atoms with van der Waals surface area (Å²) in [6.07, 6.45) is -1.74. The normalized spacial score (nSPS) is 44.8. The molecule has 0 bridgehead atoms. The Labute approximate surface area is 107 Å². The number of likely N-dealkylation sites (N-methyl/N-ethyl adjacent to an activating group) is 1. The fourth-order valence-corrected chi connectivity index (χ4v) is 3.09. The van der Waals surface area contributed by atoms with Crippen molar-refractivity contribution in [3.63, 3.8) is 0 Å². The van der Waals surface area contributed by atoms with Gasteiger partial charge >= 0.3 is 0 Å². The molecule has 0 amide bonds. The van der Waals surface area contributed by atoms with E-state index in [1.165, 1.54) is 6.42 Å². The van der Waals surface area contributed by atoms with E-state index in [9.17, 15) is 20.4 Å². The highest BCUT2D eigenvalue weighted by molar-refractivity contribution is 4.89. The highest BCUT2D eigenvalue weighted by Gasteiger charge is 2.51. The van der Waals surface area contributed by atoms with Crippen LogP contribution in [0.3, 0.4) is 0 Å². The Bertz CT molecular complexity index is 280. The van der Waals surface area contributed by atoms with Crippen LogP contribution in [0.4, 0.5) is 0 Å². The van der Waals surface area contributed by atoms with Gasteiger partial charge in [-0.25, -0.2) is 0 Å². The molecular weight excluding hydrogens is 238 g/mol. The molecule has 4 N–H and O–H groups in total. The summed E-state index contributed by atoms with van der Waals surface area (Å²) >= 11 is 0. The molecule has 0 spiro atoms. The van der Waals surface area contributed by atoms with Crippen LogP contribution in [0.1, 0.15) is 19.3 Å². The zero-order valence-corrected chi connectivity index (χ0v) is 10.8. The number of hydrogen-bond acceptors (Lipinski definition) is 5. The lowest BCUT2D eigenvalue weighted by Gasteiger charge is -2.50. The number of piperidine rings is 1. The Kier molecular flexibility index (Phi) is 4.25. The first-order chi connectivity index (χ1) is 8.49. The molecule has 2 fully saturated rings. The predicted molar refractivity (Wildman–Crippen MR) is 63.5 cm³/mol. The van der Waals surface area contributed by atoms with Crippen LogP contribution in [0.2, 0.25) is 0 Å². The molecule has 18 heavy (non-hydrogen) atoms. The molecule has 2 rings (SSSR count). The summed E-state index contributed by atoms with van der Waals surface area (Å²) in [7, 11) is 1.99. The van der Waals surface area contributed by atoms with E-state index in [0.717, 1.165) is 25.9 Å². The lowest BCUT2D eigenvalue weighted by atomic mass is 9.95. The number of aliphatic hydroxyl groups excluding tert-OH is 4. The number of likely N-dealkylation sites (tertiary alicyclic amines) is 1. The van der Waals surface area contributed by atoms with Crippen molar-refractivity contribution in [3.8, 4) is 0 Å².